The number of aryl methyl sites for hydroxylation is 1. The second kappa shape index (κ2) is 5.56. The van der Waals surface area contributed by atoms with Gasteiger partial charge in [0.2, 0.25) is 0 Å². The van der Waals surface area contributed by atoms with E-state index >= 15 is 0 Å². The fraction of sp³-hybridized carbons (Fsp3) is 0.167. The van der Waals surface area contributed by atoms with Crippen molar-refractivity contribution in [2.24, 2.45) is 0 Å². The van der Waals surface area contributed by atoms with E-state index in [2.05, 4.69) is 34.2 Å². The number of nitrogens with zero attached hydrogens (tertiary/aromatic N) is 2. The summed E-state index contributed by atoms with van der Waals surface area (Å²) in [5.74, 6) is 0. The monoisotopic (exact) mass is 291 g/mol. The Morgan fingerprint density at radius 2 is 1.64 bits per heavy atom. The standard InChI is InChI=1S/C18H17N3O/c1-11-10-15(17-12(2)13(3)18(22)21-20-17)4-5-16(11)14-6-8-19-9-7-14/h4-10H,1-3H3,(H,21,22). The number of H-pyrrole nitrogens is 1. The van der Waals surface area contributed by atoms with Crippen LogP contribution in [0.4, 0.5) is 0 Å². The molecule has 0 fully saturated rings. The molecule has 2 heterocycles. The Morgan fingerprint density at radius 3 is 2.32 bits per heavy atom. The topological polar surface area (TPSA) is 58.6 Å². The highest BCUT2D eigenvalue weighted by molar-refractivity contribution is 5.73. The molecule has 22 heavy (non-hydrogen) atoms. The van der Waals surface area contributed by atoms with Crippen molar-refractivity contribution in [3.63, 3.8) is 0 Å². The summed E-state index contributed by atoms with van der Waals surface area (Å²) in [6, 6.07) is 10.2. The van der Waals surface area contributed by atoms with Gasteiger partial charge < -0.3 is 0 Å². The Kier molecular flexibility index (Phi) is 3.59. The van der Waals surface area contributed by atoms with E-state index in [0.29, 0.717) is 5.56 Å². The van der Waals surface area contributed by atoms with Crippen LogP contribution in [0.5, 0.6) is 0 Å². The van der Waals surface area contributed by atoms with Crippen LogP contribution in [0.15, 0.2) is 47.5 Å². The molecule has 1 aromatic carbocycles. The van der Waals surface area contributed by atoms with E-state index in [-0.39, 0.29) is 5.56 Å². The molecule has 0 aliphatic rings. The molecule has 3 rings (SSSR count). The zero-order valence-electron chi connectivity index (χ0n) is 12.8. The summed E-state index contributed by atoms with van der Waals surface area (Å²) in [5.41, 5.74) is 6.79. The summed E-state index contributed by atoms with van der Waals surface area (Å²) >= 11 is 0. The van der Waals surface area contributed by atoms with Crippen LogP contribution in [0, 0.1) is 20.8 Å². The summed E-state index contributed by atoms with van der Waals surface area (Å²) in [4.78, 5) is 15.7. The van der Waals surface area contributed by atoms with Gasteiger partial charge in [-0.25, -0.2) is 5.10 Å². The minimum Gasteiger partial charge on any atom is -0.268 e. The van der Waals surface area contributed by atoms with Gasteiger partial charge in [0, 0.05) is 23.5 Å². The van der Waals surface area contributed by atoms with Crippen LogP contribution >= 0.6 is 0 Å². The van der Waals surface area contributed by atoms with E-state index < -0.39 is 0 Å². The molecule has 0 saturated heterocycles. The molecule has 1 N–H and O–H groups in total. The summed E-state index contributed by atoms with van der Waals surface area (Å²) in [6.07, 6.45) is 3.58. The van der Waals surface area contributed by atoms with Crippen LogP contribution in [0.3, 0.4) is 0 Å². The van der Waals surface area contributed by atoms with Crippen LogP contribution in [0.2, 0.25) is 0 Å². The zero-order valence-corrected chi connectivity index (χ0v) is 12.8. The molecule has 0 bridgehead atoms. The molecule has 0 atom stereocenters. The van der Waals surface area contributed by atoms with E-state index in [0.717, 1.165) is 27.9 Å². The van der Waals surface area contributed by atoms with Gasteiger partial charge in [0.1, 0.15) is 0 Å². The van der Waals surface area contributed by atoms with Crippen LogP contribution in [0.1, 0.15) is 16.7 Å². The summed E-state index contributed by atoms with van der Waals surface area (Å²) < 4.78 is 0. The average molecular weight is 291 g/mol. The predicted molar refractivity (Wildman–Crippen MR) is 87.7 cm³/mol. The third-order valence-electron chi connectivity index (χ3n) is 4.02. The van der Waals surface area contributed by atoms with Crippen LogP contribution < -0.4 is 5.56 Å². The van der Waals surface area contributed by atoms with Gasteiger partial charge in [-0.1, -0.05) is 12.1 Å². The van der Waals surface area contributed by atoms with E-state index in [1.165, 1.54) is 5.56 Å². The van der Waals surface area contributed by atoms with Crippen molar-refractivity contribution in [3.8, 4) is 22.4 Å². The first-order valence-corrected chi connectivity index (χ1v) is 7.15. The molecule has 0 saturated carbocycles. The quantitative estimate of drug-likeness (QED) is 0.787. The first-order chi connectivity index (χ1) is 10.6. The third-order valence-corrected chi connectivity index (χ3v) is 4.02. The van der Waals surface area contributed by atoms with Crippen molar-refractivity contribution in [1.82, 2.24) is 15.2 Å². The molecule has 0 amide bonds. The number of hydrogen-bond donors (Lipinski definition) is 1. The number of rotatable bonds is 2. The number of aromatic nitrogens is 3. The molecule has 0 unspecified atom stereocenters. The predicted octanol–water partition coefficient (Wildman–Crippen LogP) is 3.42. The molecular formula is C18H17N3O. The van der Waals surface area contributed by atoms with Crippen LogP contribution in [0.25, 0.3) is 22.4 Å². The number of benzene rings is 1. The Balaban J connectivity index is 2.10. The van der Waals surface area contributed by atoms with Gasteiger partial charge in [0.05, 0.1) is 5.69 Å². The van der Waals surface area contributed by atoms with Gasteiger partial charge in [-0.3, -0.25) is 9.78 Å². The molecule has 110 valence electrons. The normalized spacial score (nSPS) is 10.7. The highest BCUT2D eigenvalue weighted by Gasteiger charge is 2.10. The Labute approximate surface area is 128 Å². The Bertz CT molecular complexity index is 883. The molecular weight excluding hydrogens is 274 g/mol. The van der Waals surface area contributed by atoms with Crippen molar-refractivity contribution in [2.45, 2.75) is 20.8 Å². The minimum absolute atomic E-state index is 0.133. The van der Waals surface area contributed by atoms with Crippen molar-refractivity contribution in [2.75, 3.05) is 0 Å². The van der Waals surface area contributed by atoms with Crippen molar-refractivity contribution in [1.29, 1.82) is 0 Å². The van der Waals surface area contributed by atoms with Crippen LogP contribution in [-0.2, 0) is 0 Å². The van der Waals surface area contributed by atoms with Crippen molar-refractivity contribution in [3.05, 3.63) is 69.8 Å². The lowest BCUT2D eigenvalue weighted by Gasteiger charge is -2.11. The molecule has 2 aromatic heterocycles. The Morgan fingerprint density at radius 1 is 0.909 bits per heavy atom. The van der Waals surface area contributed by atoms with Crippen LogP contribution in [-0.4, -0.2) is 15.2 Å². The fourth-order valence-corrected chi connectivity index (χ4v) is 2.57. The maximum atomic E-state index is 11.6. The van der Waals surface area contributed by atoms with E-state index in [9.17, 15) is 4.79 Å². The average Bonchev–Trinajstić information content (AvgIpc) is 2.53. The molecule has 0 aliphatic heterocycles. The zero-order chi connectivity index (χ0) is 15.7. The summed E-state index contributed by atoms with van der Waals surface area (Å²) in [6.45, 7) is 5.82. The molecule has 0 spiro atoms. The number of nitrogens with one attached hydrogen (secondary N) is 1. The Hall–Kier alpha value is -2.75. The number of aromatic amines is 1. The maximum Gasteiger partial charge on any atom is 0.267 e. The first-order valence-electron chi connectivity index (χ1n) is 7.15. The van der Waals surface area contributed by atoms with Gasteiger partial charge in [-0.15, -0.1) is 0 Å². The van der Waals surface area contributed by atoms with Gasteiger partial charge in [-0.05, 0) is 61.2 Å². The van der Waals surface area contributed by atoms with Gasteiger partial charge >= 0.3 is 0 Å². The summed E-state index contributed by atoms with van der Waals surface area (Å²) in [7, 11) is 0. The van der Waals surface area contributed by atoms with Gasteiger partial charge in [0.15, 0.2) is 0 Å². The van der Waals surface area contributed by atoms with Crippen molar-refractivity contribution >= 4 is 0 Å². The van der Waals surface area contributed by atoms with E-state index in [1.807, 2.05) is 32.0 Å². The van der Waals surface area contributed by atoms with E-state index in [4.69, 9.17) is 0 Å². The number of hydrogen-bond acceptors (Lipinski definition) is 3. The highest BCUT2D eigenvalue weighted by atomic mass is 16.1. The molecule has 4 heteroatoms. The van der Waals surface area contributed by atoms with Gasteiger partial charge in [-0.2, -0.15) is 5.10 Å². The summed E-state index contributed by atoms with van der Waals surface area (Å²) in [5, 5.41) is 6.76. The maximum absolute atomic E-state index is 11.6. The lowest BCUT2D eigenvalue weighted by atomic mass is 9.96. The van der Waals surface area contributed by atoms with E-state index in [1.54, 1.807) is 12.4 Å². The first kappa shape index (κ1) is 14.2. The van der Waals surface area contributed by atoms with Gasteiger partial charge in [0.25, 0.3) is 5.56 Å². The fourth-order valence-electron chi connectivity index (χ4n) is 2.57. The SMILES string of the molecule is Cc1cc(-c2n[nH]c(=O)c(C)c2C)ccc1-c1ccncc1. The second-order valence-corrected chi connectivity index (χ2v) is 5.42. The van der Waals surface area contributed by atoms with Crippen molar-refractivity contribution < 1.29 is 0 Å². The molecule has 0 radical (unpaired) electrons. The second-order valence-electron chi connectivity index (χ2n) is 5.42. The smallest absolute Gasteiger partial charge is 0.267 e. The minimum atomic E-state index is -0.133. The number of pyridine rings is 1. The lowest BCUT2D eigenvalue weighted by Crippen LogP contribution is -2.14. The molecule has 0 aliphatic carbocycles. The molecule has 3 aromatic rings. The lowest BCUT2D eigenvalue weighted by molar-refractivity contribution is 0.958. The molecule has 4 nitrogen and oxygen atoms in total. The largest absolute Gasteiger partial charge is 0.268 e. The third kappa shape index (κ3) is 2.44. The highest BCUT2D eigenvalue weighted by Crippen LogP contribution is 2.28.